The Labute approximate surface area is 277 Å². The Morgan fingerprint density at radius 3 is 2.33 bits per heavy atom. The molecule has 4 aliphatic carbocycles. The Balaban J connectivity index is 1.26. The van der Waals surface area contributed by atoms with Crippen LogP contribution in [-0.2, 0) is 18.6 Å². The molecule has 0 heterocycles. The maximum Gasteiger partial charge on any atom is 0.459 e. The lowest BCUT2D eigenvalue weighted by Crippen LogP contribution is -2.62. The summed E-state index contributed by atoms with van der Waals surface area (Å²) < 4.78 is 31.2. The molecule has 0 aliphatic heterocycles. The highest BCUT2D eigenvalue weighted by Gasteiger charge is 2.64. The Kier molecular flexibility index (Phi) is 11.1. The number of aliphatic hydroxyl groups is 2. The molecule has 0 spiro atoms. The van der Waals surface area contributed by atoms with Crippen molar-refractivity contribution in [3.05, 3.63) is 30.3 Å². The lowest BCUT2D eigenvalue weighted by Gasteiger charge is -2.64. The van der Waals surface area contributed by atoms with E-state index in [1.165, 1.54) is 0 Å². The number of benzene rings is 1. The molecule has 46 heavy (non-hydrogen) atoms. The molecule has 4 aliphatic rings. The zero-order valence-corrected chi connectivity index (χ0v) is 30.1. The highest BCUT2D eigenvalue weighted by Crippen LogP contribution is 2.69. The molecule has 0 radical (unpaired) electrons. The van der Waals surface area contributed by atoms with Crippen molar-refractivity contribution in [3.63, 3.8) is 0 Å². The minimum absolute atomic E-state index is 0.134. The van der Waals surface area contributed by atoms with Crippen molar-refractivity contribution in [1.82, 2.24) is 5.09 Å². The van der Waals surface area contributed by atoms with Gasteiger partial charge in [0.25, 0.3) is 0 Å². The van der Waals surface area contributed by atoms with E-state index in [4.69, 9.17) is 13.8 Å². The summed E-state index contributed by atoms with van der Waals surface area (Å²) in [7, 11) is -3.89. The number of para-hydroxylation sites is 1. The second kappa shape index (κ2) is 14.2. The molecule has 4 fully saturated rings. The van der Waals surface area contributed by atoms with Crippen LogP contribution in [0.2, 0.25) is 0 Å². The van der Waals surface area contributed by atoms with E-state index >= 15 is 0 Å². The number of hydrogen-bond donors (Lipinski definition) is 3. The fourth-order valence-electron chi connectivity index (χ4n) is 10.8. The Hall–Kier alpha value is -1.44. The number of carbonyl (C=O) groups is 1. The van der Waals surface area contributed by atoms with Crippen LogP contribution in [0.1, 0.15) is 106 Å². The summed E-state index contributed by atoms with van der Waals surface area (Å²) in [5.74, 6) is 2.65. The van der Waals surface area contributed by atoms with Gasteiger partial charge in [0.1, 0.15) is 11.8 Å². The van der Waals surface area contributed by atoms with Gasteiger partial charge in [0.2, 0.25) is 0 Å². The lowest BCUT2D eigenvalue weighted by atomic mass is 9.41. The Morgan fingerprint density at radius 1 is 0.978 bits per heavy atom. The van der Waals surface area contributed by atoms with Gasteiger partial charge in [-0.2, -0.15) is 5.09 Å². The van der Waals surface area contributed by atoms with Crippen LogP contribution in [0.25, 0.3) is 0 Å². The number of aliphatic hydroxyl groups excluding tert-OH is 2. The van der Waals surface area contributed by atoms with Gasteiger partial charge in [0.15, 0.2) is 0 Å². The van der Waals surface area contributed by atoms with Crippen molar-refractivity contribution in [2.45, 2.75) is 131 Å². The summed E-state index contributed by atoms with van der Waals surface area (Å²) in [5.41, 5.74) is 0.323. The van der Waals surface area contributed by atoms with Crippen LogP contribution in [0.4, 0.5) is 0 Å². The second-order valence-corrected chi connectivity index (χ2v) is 17.7. The van der Waals surface area contributed by atoms with Gasteiger partial charge in [0.05, 0.1) is 24.9 Å². The summed E-state index contributed by atoms with van der Waals surface area (Å²) in [6.07, 6.45) is 8.20. The van der Waals surface area contributed by atoms with E-state index in [0.717, 1.165) is 51.4 Å². The molecule has 4 unspecified atom stereocenters. The third-order valence-corrected chi connectivity index (χ3v) is 14.7. The van der Waals surface area contributed by atoms with Gasteiger partial charge in [0, 0.05) is 0 Å². The maximum absolute atomic E-state index is 14.0. The van der Waals surface area contributed by atoms with Crippen molar-refractivity contribution < 1.29 is 33.4 Å². The zero-order valence-electron chi connectivity index (χ0n) is 29.2. The maximum atomic E-state index is 14.0. The Morgan fingerprint density at radius 2 is 1.65 bits per heavy atom. The largest absolute Gasteiger partial charge is 0.462 e. The standard InChI is InChI=1S/C37H60NO7P/c1-8-28-32-22-26(39)16-19-37(32,7)31-17-20-36(6)29(14-15-30(36)33(31)34(28)40)24(4)18-21-43-46(42,45-27-12-10-9-11-13-27)38-25(5)35(41)44-23(2)3/h9-13,23-26,28-34,39-40H,8,14-22H2,1-7H3,(H,38,42)/t24-,25+,26-,28-,29-,30?,31?,32?,33?,34-,36-,37-,46+/m1/s1. The van der Waals surface area contributed by atoms with Crippen molar-refractivity contribution in [2.75, 3.05) is 6.61 Å². The number of ether oxygens (including phenoxy) is 1. The predicted octanol–water partition coefficient (Wildman–Crippen LogP) is 7.77. The molecule has 0 amide bonds. The van der Waals surface area contributed by atoms with E-state index in [9.17, 15) is 19.6 Å². The summed E-state index contributed by atoms with van der Waals surface area (Å²) >= 11 is 0. The number of rotatable bonds is 12. The van der Waals surface area contributed by atoms with Gasteiger partial charge in [-0.05, 0) is 137 Å². The van der Waals surface area contributed by atoms with Crippen LogP contribution < -0.4 is 9.61 Å². The molecule has 13 atom stereocenters. The molecular weight excluding hydrogens is 601 g/mol. The molecule has 5 rings (SSSR count). The summed E-state index contributed by atoms with van der Waals surface area (Å²) in [4.78, 5) is 12.5. The van der Waals surface area contributed by atoms with Crippen molar-refractivity contribution >= 4 is 13.7 Å². The van der Waals surface area contributed by atoms with Gasteiger partial charge in [-0.15, -0.1) is 0 Å². The fourth-order valence-corrected chi connectivity index (χ4v) is 12.3. The van der Waals surface area contributed by atoms with Gasteiger partial charge in [-0.1, -0.05) is 52.3 Å². The number of esters is 1. The molecule has 0 bridgehead atoms. The van der Waals surface area contributed by atoms with E-state index in [2.05, 4.69) is 32.8 Å². The molecule has 260 valence electrons. The topological polar surface area (TPSA) is 114 Å². The van der Waals surface area contributed by atoms with Gasteiger partial charge in [-0.25, -0.2) is 4.57 Å². The van der Waals surface area contributed by atoms with Crippen molar-refractivity contribution in [3.8, 4) is 5.75 Å². The summed E-state index contributed by atoms with van der Waals surface area (Å²) in [6.45, 7) is 14.9. The van der Waals surface area contributed by atoms with Crippen LogP contribution in [0.3, 0.4) is 0 Å². The van der Waals surface area contributed by atoms with Crippen molar-refractivity contribution in [2.24, 2.45) is 52.3 Å². The van der Waals surface area contributed by atoms with E-state index in [-0.39, 0.29) is 41.7 Å². The molecule has 0 aromatic heterocycles. The molecule has 0 saturated heterocycles. The first-order valence-corrected chi connectivity index (χ1v) is 19.6. The molecule has 4 saturated carbocycles. The number of fused-ring (bicyclic) bond motifs is 5. The average Bonchev–Trinajstić information content (AvgIpc) is 3.35. The SMILES string of the molecule is CC[C@@H]1C2C[C@H](O)CC[C@]2(C)C2CC[C@@]3(C)C(CC[C@@H]3[C@H](C)CCO[P@@](=O)(N[C@@H](C)C(=O)OC(C)C)Oc3ccccc3)C2[C@@H]1O. The third kappa shape index (κ3) is 6.99. The lowest BCUT2D eigenvalue weighted by molar-refractivity contribution is -0.203. The molecular formula is C37H60NO7P. The zero-order chi connectivity index (χ0) is 33.4. The highest BCUT2D eigenvalue weighted by atomic mass is 31.2. The normalized spacial score (nSPS) is 39.8. The quantitative estimate of drug-likeness (QED) is 0.154. The van der Waals surface area contributed by atoms with E-state index in [1.807, 2.05) is 6.07 Å². The number of carbonyl (C=O) groups excluding carboxylic acids is 1. The first-order chi connectivity index (χ1) is 21.7. The summed E-state index contributed by atoms with van der Waals surface area (Å²) in [5, 5.41) is 25.4. The van der Waals surface area contributed by atoms with Crippen LogP contribution >= 0.6 is 7.75 Å². The first kappa shape index (κ1) is 35.9. The fraction of sp³-hybridized carbons (Fsp3) is 0.811. The van der Waals surface area contributed by atoms with Crippen LogP contribution in [0, 0.1) is 52.3 Å². The number of nitrogens with one attached hydrogen (secondary N) is 1. The van der Waals surface area contributed by atoms with E-state index < -0.39 is 19.8 Å². The van der Waals surface area contributed by atoms with Crippen molar-refractivity contribution in [1.29, 1.82) is 0 Å². The van der Waals surface area contributed by atoms with Crippen LogP contribution in [-0.4, -0.2) is 47.1 Å². The average molecular weight is 662 g/mol. The molecule has 3 N–H and O–H groups in total. The predicted molar refractivity (Wildman–Crippen MR) is 180 cm³/mol. The highest BCUT2D eigenvalue weighted by molar-refractivity contribution is 7.52. The minimum Gasteiger partial charge on any atom is -0.462 e. The van der Waals surface area contributed by atoms with Gasteiger partial charge < -0.3 is 19.5 Å². The molecule has 8 nitrogen and oxygen atoms in total. The summed E-state index contributed by atoms with van der Waals surface area (Å²) in [6, 6.07) is 8.01. The molecule has 1 aromatic carbocycles. The van der Waals surface area contributed by atoms with Gasteiger partial charge in [-0.3, -0.25) is 9.32 Å². The third-order valence-electron chi connectivity index (χ3n) is 13.0. The number of hydrogen-bond acceptors (Lipinski definition) is 7. The van der Waals surface area contributed by atoms with Crippen LogP contribution in [0.5, 0.6) is 5.75 Å². The van der Waals surface area contributed by atoms with E-state index in [0.29, 0.717) is 47.7 Å². The van der Waals surface area contributed by atoms with E-state index in [1.54, 1.807) is 45.0 Å². The smallest absolute Gasteiger partial charge is 0.459 e. The minimum atomic E-state index is -3.89. The van der Waals surface area contributed by atoms with Crippen LogP contribution in [0.15, 0.2) is 30.3 Å². The molecule has 9 heteroatoms. The molecule has 1 aromatic rings. The van der Waals surface area contributed by atoms with Gasteiger partial charge >= 0.3 is 13.7 Å². The Bertz CT molecular complexity index is 1230. The first-order valence-electron chi connectivity index (χ1n) is 18.1. The second-order valence-electron chi connectivity index (χ2n) is 16.0. The monoisotopic (exact) mass is 661 g/mol.